The molecule has 1 saturated heterocycles. The first-order chi connectivity index (χ1) is 16.5. The fourth-order valence-corrected chi connectivity index (χ4v) is 4.26. The summed E-state index contributed by atoms with van der Waals surface area (Å²) in [6.45, 7) is 1.74. The number of nitrogens with zero attached hydrogens (tertiary/aromatic N) is 3. The Bertz CT molecular complexity index is 1350. The molecule has 0 amide bonds. The number of aromatic nitrogens is 3. The van der Waals surface area contributed by atoms with Crippen LogP contribution in [-0.2, 0) is 12.4 Å². The van der Waals surface area contributed by atoms with E-state index < -0.39 is 23.5 Å². The highest BCUT2D eigenvalue weighted by atomic mass is 19.4. The van der Waals surface area contributed by atoms with Crippen LogP contribution in [0.25, 0.3) is 33.4 Å². The normalized spacial score (nSPS) is 15.7. The molecule has 4 heterocycles. The zero-order valence-electron chi connectivity index (χ0n) is 18.0. The van der Waals surface area contributed by atoms with E-state index in [0.717, 1.165) is 25.9 Å². The van der Waals surface area contributed by atoms with Gasteiger partial charge in [-0.15, -0.1) is 0 Å². The van der Waals surface area contributed by atoms with Crippen LogP contribution in [0.4, 0.5) is 32.2 Å². The van der Waals surface area contributed by atoms with Crippen molar-refractivity contribution in [1.82, 2.24) is 20.1 Å². The second-order valence-electron chi connectivity index (χ2n) is 8.40. The largest absolute Gasteiger partial charge is 0.452 e. The van der Waals surface area contributed by atoms with Crippen LogP contribution >= 0.6 is 0 Å². The molecule has 0 unspecified atom stereocenters. The lowest BCUT2D eigenvalue weighted by atomic mass is 10.0. The lowest BCUT2D eigenvalue weighted by molar-refractivity contribution is -0.143. The quantitative estimate of drug-likeness (QED) is 0.346. The van der Waals surface area contributed by atoms with Gasteiger partial charge in [0.25, 0.3) is 0 Å². The lowest BCUT2D eigenvalue weighted by Gasteiger charge is -2.22. The van der Waals surface area contributed by atoms with Gasteiger partial charge in [0.1, 0.15) is 5.76 Å². The number of hydrogen-bond acceptors (Lipinski definition) is 5. The zero-order valence-corrected chi connectivity index (χ0v) is 18.0. The molecule has 3 N–H and O–H groups in total. The molecule has 4 aromatic rings. The second kappa shape index (κ2) is 8.29. The fourth-order valence-electron chi connectivity index (χ4n) is 4.26. The monoisotopic (exact) mass is 495 g/mol. The Hall–Kier alpha value is -3.54. The van der Waals surface area contributed by atoms with E-state index in [2.05, 4.69) is 15.4 Å². The molecule has 35 heavy (non-hydrogen) atoms. The molecule has 0 atom stereocenters. The van der Waals surface area contributed by atoms with E-state index in [1.165, 1.54) is 12.3 Å². The summed E-state index contributed by atoms with van der Waals surface area (Å²) in [5.41, 5.74) is 3.97. The summed E-state index contributed by atoms with van der Waals surface area (Å²) in [7, 11) is 0. The van der Waals surface area contributed by atoms with Gasteiger partial charge in [-0.3, -0.25) is 4.68 Å². The van der Waals surface area contributed by atoms with Gasteiger partial charge >= 0.3 is 12.4 Å². The molecule has 0 aliphatic carbocycles. The van der Waals surface area contributed by atoms with Crippen LogP contribution in [0.15, 0.2) is 47.3 Å². The van der Waals surface area contributed by atoms with E-state index in [-0.39, 0.29) is 34.8 Å². The average Bonchev–Trinajstić information content (AvgIpc) is 3.47. The van der Waals surface area contributed by atoms with E-state index in [1.807, 2.05) is 10.9 Å². The third-order valence-electron chi connectivity index (χ3n) is 6.06. The number of nitrogen functional groups attached to an aromatic ring is 1. The van der Waals surface area contributed by atoms with Crippen molar-refractivity contribution in [2.24, 2.45) is 0 Å². The van der Waals surface area contributed by atoms with Crippen LogP contribution < -0.4 is 11.1 Å². The summed E-state index contributed by atoms with van der Waals surface area (Å²) >= 11 is 0. The topological polar surface area (TPSA) is 81.9 Å². The van der Waals surface area contributed by atoms with Gasteiger partial charge in [0.05, 0.1) is 23.4 Å². The highest BCUT2D eigenvalue weighted by molar-refractivity contribution is 6.00. The molecule has 1 aliphatic rings. The first-order valence-corrected chi connectivity index (χ1v) is 10.7. The van der Waals surface area contributed by atoms with Crippen LogP contribution in [-0.4, -0.2) is 27.9 Å². The van der Waals surface area contributed by atoms with Crippen molar-refractivity contribution in [2.45, 2.75) is 31.2 Å². The van der Waals surface area contributed by atoms with Crippen LogP contribution in [0.5, 0.6) is 0 Å². The number of nitrogens with two attached hydrogens (primary N) is 1. The van der Waals surface area contributed by atoms with Gasteiger partial charge in [0.2, 0.25) is 0 Å². The maximum absolute atomic E-state index is 13.3. The van der Waals surface area contributed by atoms with E-state index in [4.69, 9.17) is 10.2 Å². The minimum Gasteiger partial charge on any atom is -0.452 e. The standard InChI is InChI=1S/C23H19F6N5O/c24-22(25,26)14-5-12(6-15(7-14)23(27,28)29)19-8-17-18(10-32-21(30)20(17)35-19)13-9-33-34(11-13)16-1-3-31-4-2-16/h5-11,16,31H,1-4H2,(H2,30,32). The molecule has 0 saturated carbocycles. The Morgan fingerprint density at radius 2 is 1.57 bits per heavy atom. The maximum atomic E-state index is 13.3. The third-order valence-corrected chi connectivity index (χ3v) is 6.06. The van der Waals surface area contributed by atoms with Crippen molar-refractivity contribution >= 4 is 16.8 Å². The fraction of sp³-hybridized carbons (Fsp3) is 0.304. The third kappa shape index (κ3) is 4.45. The number of pyridine rings is 1. The Kier molecular flexibility index (Phi) is 5.50. The molecule has 1 aliphatic heterocycles. The summed E-state index contributed by atoms with van der Waals surface area (Å²) in [6.07, 6.45) is -3.19. The first-order valence-electron chi connectivity index (χ1n) is 10.7. The van der Waals surface area contributed by atoms with Crippen molar-refractivity contribution in [1.29, 1.82) is 0 Å². The molecule has 184 valence electrons. The van der Waals surface area contributed by atoms with Crippen molar-refractivity contribution in [3.63, 3.8) is 0 Å². The number of piperidine rings is 1. The minimum atomic E-state index is -4.98. The average molecular weight is 495 g/mol. The van der Waals surface area contributed by atoms with Gasteiger partial charge in [-0.05, 0) is 50.2 Å². The van der Waals surface area contributed by atoms with Gasteiger partial charge in [0.15, 0.2) is 11.4 Å². The molecular weight excluding hydrogens is 476 g/mol. The predicted molar refractivity (Wildman–Crippen MR) is 116 cm³/mol. The Balaban J connectivity index is 1.61. The Labute approximate surface area is 194 Å². The number of benzene rings is 1. The molecule has 0 spiro atoms. The van der Waals surface area contributed by atoms with Crippen molar-refractivity contribution in [2.75, 3.05) is 18.8 Å². The molecule has 0 radical (unpaired) electrons. The SMILES string of the molecule is Nc1ncc(-c2cnn(C3CCNCC3)c2)c2cc(-c3cc(C(F)(F)F)cc(C(F)(F)F)c3)oc12. The Morgan fingerprint density at radius 1 is 0.914 bits per heavy atom. The summed E-state index contributed by atoms with van der Waals surface area (Å²) in [4.78, 5) is 4.10. The summed E-state index contributed by atoms with van der Waals surface area (Å²) in [6, 6.07) is 2.90. The number of hydrogen-bond donors (Lipinski definition) is 2. The van der Waals surface area contributed by atoms with Crippen molar-refractivity contribution in [3.05, 3.63) is 54.0 Å². The number of halogens is 6. The summed E-state index contributed by atoms with van der Waals surface area (Å²) in [5, 5.41) is 8.12. The van der Waals surface area contributed by atoms with Crippen LogP contribution in [0.2, 0.25) is 0 Å². The molecule has 1 aromatic carbocycles. The van der Waals surface area contributed by atoms with E-state index in [9.17, 15) is 26.3 Å². The molecule has 3 aromatic heterocycles. The Morgan fingerprint density at radius 3 is 2.20 bits per heavy atom. The number of anilines is 1. The minimum absolute atomic E-state index is 0.0382. The maximum Gasteiger partial charge on any atom is 0.416 e. The van der Waals surface area contributed by atoms with Crippen molar-refractivity contribution in [3.8, 4) is 22.5 Å². The van der Waals surface area contributed by atoms with E-state index in [0.29, 0.717) is 28.6 Å². The number of rotatable bonds is 3. The lowest BCUT2D eigenvalue weighted by Crippen LogP contribution is -2.29. The van der Waals surface area contributed by atoms with Gasteiger partial charge in [-0.2, -0.15) is 31.4 Å². The number of furan rings is 1. The van der Waals surface area contributed by atoms with Crippen LogP contribution in [0, 0.1) is 0 Å². The molecule has 12 heteroatoms. The second-order valence-corrected chi connectivity index (χ2v) is 8.40. The van der Waals surface area contributed by atoms with Crippen molar-refractivity contribution < 1.29 is 30.8 Å². The van der Waals surface area contributed by atoms with Crippen LogP contribution in [0.3, 0.4) is 0 Å². The molecule has 6 nitrogen and oxygen atoms in total. The van der Waals surface area contributed by atoms with Gasteiger partial charge in [0, 0.05) is 34.5 Å². The zero-order chi connectivity index (χ0) is 25.0. The van der Waals surface area contributed by atoms with E-state index >= 15 is 0 Å². The molecule has 0 bridgehead atoms. The van der Waals surface area contributed by atoms with Gasteiger partial charge in [-0.25, -0.2) is 4.98 Å². The molecule has 1 fully saturated rings. The summed E-state index contributed by atoms with van der Waals surface area (Å²) < 4.78 is 87.4. The number of nitrogens with one attached hydrogen (secondary N) is 1. The van der Waals surface area contributed by atoms with Crippen LogP contribution in [0.1, 0.15) is 30.0 Å². The predicted octanol–water partition coefficient (Wildman–Crippen LogP) is 5.90. The highest BCUT2D eigenvalue weighted by Gasteiger charge is 2.37. The number of fused-ring (bicyclic) bond motifs is 1. The van der Waals surface area contributed by atoms with Gasteiger partial charge in [-0.1, -0.05) is 0 Å². The van der Waals surface area contributed by atoms with Gasteiger partial charge < -0.3 is 15.5 Å². The first kappa shape index (κ1) is 23.2. The summed E-state index contributed by atoms with van der Waals surface area (Å²) in [5.74, 6) is -0.230. The molecule has 5 rings (SSSR count). The van der Waals surface area contributed by atoms with E-state index in [1.54, 1.807) is 6.20 Å². The number of alkyl halides is 6. The smallest absolute Gasteiger partial charge is 0.416 e. The highest BCUT2D eigenvalue weighted by Crippen LogP contribution is 2.41. The molecular formula is C23H19F6N5O.